The third-order valence-corrected chi connectivity index (χ3v) is 7.08. The Balaban J connectivity index is 0.00000210. The minimum atomic E-state index is -0.289. The molecule has 0 aliphatic carbocycles. The van der Waals surface area contributed by atoms with Crippen molar-refractivity contribution >= 4 is 48.2 Å². The van der Waals surface area contributed by atoms with E-state index in [2.05, 4.69) is 27.0 Å². The number of benzene rings is 2. The van der Waals surface area contributed by atoms with Gasteiger partial charge in [-0.2, -0.15) is 4.98 Å². The summed E-state index contributed by atoms with van der Waals surface area (Å²) in [6.45, 7) is 9.99. The maximum atomic E-state index is 13.3. The van der Waals surface area contributed by atoms with Crippen LogP contribution >= 0.6 is 24.8 Å². The largest absolute Gasteiger partial charge is 0.426 e. The van der Waals surface area contributed by atoms with E-state index in [0.717, 1.165) is 48.8 Å². The molecule has 8 nitrogen and oxygen atoms in total. The Kier molecular flexibility index (Phi) is 10.5. The third kappa shape index (κ3) is 7.16. The first-order chi connectivity index (χ1) is 17.9. The minimum Gasteiger partial charge on any atom is -0.426 e. The van der Waals surface area contributed by atoms with Crippen LogP contribution < -0.4 is 15.0 Å². The van der Waals surface area contributed by atoms with Crippen molar-refractivity contribution in [2.75, 3.05) is 49.6 Å². The Morgan fingerprint density at radius 1 is 1.08 bits per heavy atom. The van der Waals surface area contributed by atoms with Gasteiger partial charge in [0, 0.05) is 36.6 Å². The second-order valence-corrected chi connectivity index (χ2v) is 9.56. The van der Waals surface area contributed by atoms with Gasteiger partial charge in [-0.05, 0) is 74.7 Å². The third-order valence-electron chi connectivity index (χ3n) is 7.08. The van der Waals surface area contributed by atoms with Crippen molar-refractivity contribution in [3.05, 3.63) is 70.7 Å². The van der Waals surface area contributed by atoms with E-state index in [9.17, 15) is 9.18 Å². The highest BCUT2D eigenvalue weighted by Gasteiger charge is 2.28. The van der Waals surface area contributed by atoms with Crippen molar-refractivity contribution in [3.63, 3.8) is 0 Å². The summed E-state index contributed by atoms with van der Waals surface area (Å²) in [4.78, 5) is 26.2. The SMILES string of the molecule is Cc1nc(Nc2ccc(F)cc2)nc(N2CCc3cc(OC(=O)CN4CCOCC4)ccc3C2C)c1C.Cl.Cl. The topological polar surface area (TPSA) is 79.8 Å². The molecule has 1 N–H and O–H groups in total. The van der Waals surface area contributed by atoms with Gasteiger partial charge in [-0.25, -0.2) is 9.37 Å². The van der Waals surface area contributed by atoms with Crippen molar-refractivity contribution < 1.29 is 18.7 Å². The van der Waals surface area contributed by atoms with Gasteiger partial charge in [0.25, 0.3) is 0 Å². The van der Waals surface area contributed by atoms with Gasteiger partial charge in [-0.1, -0.05) is 6.07 Å². The van der Waals surface area contributed by atoms with E-state index in [0.29, 0.717) is 24.9 Å². The number of nitrogens with zero attached hydrogens (tertiary/aromatic N) is 4. The van der Waals surface area contributed by atoms with Gasteiger partial charge in [-0.15, -0.1) is 24.8 Å². The molecule has 0 bridgehead atoms. The Hall–Kier alpha value is -2.98. The zero-order valence-corrected chi connectivity index (χ0v) is 23.9. The summed E-state index contributed by atoms with van der Waals surface area (Å²) in [5.74, 6) is 1.39. The number of aryl methyl sites for hydroxylation is 1. The summed E-state index contributed by atoms with van der Waals surface area (Å²) >= 11 is 0. The molecule has 11 heteroatoms. The molecule has 1 unspecified atom stereocenters. The Morgan fingerprint density at radius 3 is 2.51 bits per heavy atom. The van der Waals surface area contributed by atoms with Gasteiger partial charge in [0.1, 0.15) is 17.4 Å². The number of nitrogens with one attached hydrogen (secondary N) is 1. The van der Waals surface area contributed by atoms with Gasteiger partial charge in [0.2, 0.25) is 5.95 Å². The second-order valence-electron chi connectivity index (χ2n) is 9.56. The first-order valence-corrected chi connectivity index (χ1v) is 12.7. The van der Waals surface area contributed by atoms with Crippen molar-refractivity contribution in [1.82, 2.24) is 14.9 Å². The number of carbonyl (C=O) groups excluding carboxylic acids is 1. The molecule has 1 fully saturated rings. The first-order valence-electron chi connectivity index (χ1n) is 12.7. The Bertz CT molecular complexity index is 1290. The van der Waals surface area contributed by atoms with E-state index in [4.69, 9.17) is 14.5 Å². The number of hydrogen-bond acceptors (Lipinski definition) is 8. The molecule has 5 rings (SSSR count). The molecule has 210 valence electrons. The number of aromatic nitrogens is 2. The highest BCUT2D eigenvalue weighted by atomic mass is 35.5. The highest BCUT2D eigenvalue weighted by Crippen LogP contribution is 2.36. The Labute approximate surface area is 240 Å². The summed E-state index contributed by atoms with van der Waals surface area (Å²) in [6, 6.07) is 12.1. The van der Waals surface area contributed by atoms with Crippen molar-refractivity contribution in [2.24, 2.45) is 0 Å². The van der Waals surface area contributed by atoms with Crippen LogP contribution in [0.5, 0.6) is 5.75 Å². The average Bonchev–Trinajstić information content (AvgIpc) is 2.88. The number of morpholine rings is 1. The fourth-order valence-corrected chi connectivity index (χ4v) is 4.88. The van der Waals surface area contributed by atoms with Crippen LogP contribution in [-0.4, -0.2) is 60.2 Å². The van der Waals surface area contributed by atoms with Gasteiger partial charge in [0.05, 0.1) is 25.8 Å². The van der Waals surface area contributed by atoms with E-state index in [1.54, 1.807) is 12.1 Å². The molecule has 0 radical (unpaired) electrons. The molecular formula is C28H34Cl2FN5O3. The molecule has 2 aromatic carbocycles. The molecule has 3 heterocycles. The number of halogens is 3. The summed E-state index contributed by atoms with van der Waals surface area (Å²) < 4.78 is 24.3. The van der Waals surface area contributed by atoms with Crippen LogP contribution in [0.2, 0.25) is 0 Å². The average molecular weight is 579 g/mol. The van der Waals surface area contributed by atoms with Crippen LogP contribution in [0.25, 0.3) is 0 Å². The molecule has 2 aliphatic heterocycles. The molecule has 39 heavy (non-hydrogen) atoms. The lowest BCUT2D eigenvalue weighted by atomic mass is 9.93. The second kappa shape index (κ2) is 13.4. The summed E-state index contributed by atoms with van der Waals surface area (Å²) in [5, 5.41) is 3.19. The number of esters is 1. The van der Waals surface area contributed by atoms with Crippen LogP contribution in [0.4, 0.5) is 21.8 Å². The molecule has 1 saturated heterocycles. The highest BCUT2D eigenvalue weighted by molar-refractivity contribution is 5.85. The molecule has 1 aromatic heterocycles. The van der Waals surface area contributed by atoms with Crippen molar-refractivity contribution in [1.29, 1.82) is 0 Å². The lowest BCUT2D eigenvalue weighted by molar-refractivity contribution is -0.136. The number of fused-ring (bicyclic) bond motifs is 1. The molecule has 1 atom stereocenters. The van der Waals surface area contributed by atoms with Crippen LogP contribution in [0, 0.1) is 19.7 Å². The fourth-order valence-electron chi connectivity index (χ4n) is 4.88. The van der Waals surface area contributed by atoms with Gasteiger partial charge in [-0.3, -0.25) is 9.69 Å². The van der Waals surface area contributed by atoms with E-state index >= 15 is 0 Å². The predicted octanol–water partition coefficient (Wildman–Crippen LogP) is 5.18. The molecular weight excluding hydrogens is 544 g/mol. The smallest absolute Gasteiger partial charge is 0.325 e. The summed E-state index contributed by atoms with van der Waals surface area (Å²) in [6.07, 6.45) is 0.803. The molecule has 0 saturated carbocycles. The molecule has 0 spiro atoms. The molecule has 0 amide bonds. The lowest BCUT2D eigenvalue weighted by Crippen LogP contribution is -2.40. The first kappa shape index (κ1) is 30.6. The van der Waals surface area contributed by atoms with E-state index in [-0.39, 0.29) is 49.2 Å². The molecule has 3 aromatic rings. The number of anilines is 3. The fraction of sp³-hybridized carbons (Fsp3) is 0.393. The minimum absolute atomic E-state index is 0. The number of ether oxygens (including phenoxy) is 2. The van der Waals surface area contributed by atoms with Gasteiger partial charge < -0.3 is 19.7 Å². The van der Waals surface area contributed by atoms with E-state index in [1.807, 2.05) is 32.0 Å². The number of carbonyl (C=O) groups is 1. The Morgan fingerprint density at radius 2 is 1.79 bits per heavy atom. The molecule has 2 aliphatic rings. The van der Waals surface area contributed by atoms with Gasteiger partial charge in [0.15, 0.2) is 0 Å². The number of rotatable bonds is 6. The summed E-state index contributed by atoms with van der Waals surface area (Å²) in [7, 11) is 0. The van der Waals surface area contributed by atoms with Gasteiger partial charge >= 0.3 is 5.97 Å². The van der Waals surface area contributed by atoms with Crippen LogP contribution in [0.1, 0.15) is 35.3 Å². The summed E-state index contributed by atoms with van der Waals surface area (Å²) in [5.41, 5.74) is 4.99. The van der Waals surface area contributed by atoms with Crippen LogP contribution in [0.15, 0.2) is 42.5 Å². The predicted molar refractivity (Wildman–Crippen MR) is 154 cm³/mol. The van der Waals surface area contributed by atoms with E-state index < -0.39 is 0 Å². The normalized spacial score (nSPS) is 16.9. The maximum absolute atomic E-state index is 13.3. The quantitative estimate of drug-likeness (QED) is 0.317. The maximum Gasteiger partial charge on any atom is 0.325 e. The van der Waals surface area contributed by atoms with Crippen LogP contribution in [-0.2, 0) is 16.0 Å². The zero-order chi connectivity index (χ0) is 25.9. The monoisotopic (exact) mass is 577 g/mol. The zero-order valence-electron chi connectivity index (χ0n) is 22.3. The lowest BCUT2D eigenvalue weighted by Gasteiger charge is -2.37. The van der Waals surface area contributed by atoms with Crippen LogP contribution in [0.3, 0.4) is 0 Å². The standard InChI is InChI=1S/C28H32FN5O3.2ClH/c1-18-19(2)30-28(31-23-6-4-22(29)5-7-23)32-27(18)34-11-10-21-16-24(8-9-25(21)20(34)3)37-26(35)17-33-12-14-36-15-13-33;;/h4-9,16,20H,10-15,17H2,1-3H3,(H,30,31,32);2*1H. The van der Waals surface area contributed by atoms with E-state index in [1.165, 1.54) is 23.3 Å². The van der Waals surface area contributed by atoms with Crippen molar-refractivity contribution in [3.8, 4) is 5.75 Å². The number of hydrogen-bond donors (Lipinski definition) is 1. The van der Waals surface area contributed by atoms with Crippen molar-refractivity contribution in [2.45, 2.75) is 33.2 Å².